The van der Waals surface area contributed by atoms with Crippen LogP contribution in [0.2, 0.25) is 0 Å². The first kappa shape index (κ1) is 13.3. The predicted molar refractivity (Wildman–Crippen MR) is 66.6 cm³/mol. The minimum absolute atomic E-state index is 0.0657. The summed E-state index contributed by atoms with van der Waals surface area (Å²) in [5.41, 5.74) is -0.147. The van der Waals surface area contributed by atoms with Crippen LogP contribution in [0.5, 0.6) is 0 Å². The maximum Gasteiger partial charge on any atom is 0.317 e. The quantitative estimate of drug-likeness (QED) is 0.737. The SMILES string of the molecule is CC(C)N1CCN(C(=O)NC(C)(C)C)CC1. The molecule has 0 aromatic carbocycles. The molecule has 1 saturated heterocycles. The Kier molecular flexibility index (Phi) is 4.19. The molecular weight excluding hydrogens is 202 g/mol. The molecular formula is C12H25N3O. The topological polar surface area (TPSA) is 35.6 Å². The van der Waals surface area contributed by atoms with E-state index in [0.717, 1.165) is 26.2 Å². The first-order valence-corrected chi connectivity index (χ1v) is 6.11. The smallest absolute Gasteiger partial charge is 0.317 e. The first-order chi connectivity index (χ1) is 7.29. The van der Waals surface area contributed by atoms with Crippen molar-refractivity contribution in [2.24, 2.45) is 0 Å². The average molecular weight is 227 g/mol. The highest BCUT2D eigenvalue weighted by Crippen LogP contribution is 2.07. The third-order valence-electron chi connectivity index (χ3n) is 2.81. The van der Waals surface area contributed by atoms with Gasteiger partial charge in [-0.15, -0.1) is 0 Å². The van der Waals surface area contributed by atoms with E-state index in [1.165, 1.54) is 0 Å². The van der Waals surface area contributed by atoms with Crippen LogP contribution in [0.1, 0.15) is 34.6 Å². The van der Waals surface area contributed by atoms with E-state index in [4.69, 9.17) is 0 Å². The second-order valence-electron chi connectivity index (χ2n) is 5.80. The Hall–Kier alpha value is -0.770. The Morgan fingerprint density at radius 3 is 2.00 bits per heavy atom. The second kappa shape index (κ2) is 5.04. The van der Waals surface area contributed by atoms with Crippen LogP contribution in [0.15, 0.2) is 0 Å². The summed E-state index contributed by atoms with van der Waals surface area (Å²) in [4.78, 5) is 16.2. The highest BCUT2D eigenvalue weighted by atomic mass is 16.2. The van der Waals surface area contributed by atoms with Crippen LogP contribution in [-0.4, -0.2) is 53.6 Å². The van der Waals surface area contributed by atoms with Gasteiger partial charge in [-0.3, -0.25) is 4.90 Å². The highest BCUT2D eigenvalue weighted by Gasteiger charge is 2.24. The van der Waals surface area contributed by atoms with Crippen LogP contribution in [0.3, 0.4) is 0 Å². The number of hydrogen-bond donors (Lipinski definition) is 1. The molecule has 16 heavy (non-hydrogen) atoms. The fourth-order valence-electron chi connectivity index (χ4n) is 1.84. The maximum absolute atomic E-state index is 11.9. The lowest BCUT2D eigenvalue weighted by atomic mass is 10.1. The number of nitrogens with one attached hydrogen (secondary N) is 1. The summed E-state index contributed by atoms with van der Waals surface area (Å²) in [6.45, 7) is 14.1. The maximum atomic E-state index is 11.9. The number of rotatable bonds is 1. The van der Waals surface area contributed by atoms with E-state index >= 15 is 0 Å². The van der Waals surface area contributed by atoms with E-state index in [1.54, 1.807) is 0 Å². The molecule has 1 fully saturated rings. The number of piperazine rings is 1. The standard InChI is InChI=1S/C12H25N3O/c1-10(2)14-6-8-15(9-7-14)11(16)13-12(3,4)5/h10H,6-9H2,1-5H3,(H,13,16). The molecule has 94 valence electrons. The Morgan fingerprint density at radius 1 is 1.12 bits per heavy atom. The molecule has 0 saturated carbocycles. The minimum Gasteiger partial charge on any atom is -0.333 e. The van der Waals surface area contributed by atoms with Gasteiger partial charge in [-0.25, -0.2) is 4.79 Å². The van der Waals surface area contributed by atoms with Crippen molar-refractivity contribution in [3.63, 3.8) is 0 Å². The molecule has 4 nitrogen and oxygen atoms in total. The van der Waals surface area contributed by atoms with Gasteiger partial charge in [0, 0.05) is 37.8 Å². The molecule has 1 aliphatic rings. The summed E-state index contributed by atoms with van der Waals surface area (Å²) in [6.07, 6.45) is 0. The Morgan fingerprint density at radius 2 is 1.62 bits per heavy atom. The van der Waals surface area contributed by atoms with Crippen LogP contribution in [0, 0.1) is 0 Å². The van der Waals surface area contributed by atoms with E-state index < -0.39 is 0 Å². The summed E-state index contributed by atoms with van der Waals surface area (Å²) in [5, 5.41) is 3.00. The second-order valence-corrected chi connectivity index (χ2v) is 5.80. The van der Waals surface area contributed by atoms with E-state index in [1.807, 2.05) is 25.7 Å². The van der Waals surface area contributed by atoms with Gasteiger partial charge in [0.1, 0.15) is 0 Å². The molecule has 0 aliphatic carbocycles. The third-order valence-corrected chi connectivity index (χ3v) is 2.81. The van der Waals surface area contributed by atoms with Crippen LogP contribution >= 0.6 is 0 Å². The van der Waals surface area contributed by atoms with Crippen molar-refractivity contribution < 1.29 is 4.79 Å². The monoisotopic (exact) mass is 227 g/mol. The van der Waals surface area contributed by atoms with Crippen molar-refractivity contribution in [2.75, 3.05) is 26.2 Å². The van der Waals surface area contributed by atoms with Crippen molar-refractivity contribution in [3.05, 3.63) is 0 Å². The lowest BCUT2D eigenvalue weighted by molar-refractivity contribution is 0.116. The fraction of sp³-hybridized carbons (Fsp3) is 0.917. The molecule has 2 amide bonds. The molecule has 1 heterocycles. The van der Waals surface area contributed by atoms with Crippen molar-refractivity contribution in [1.82, 2.24) is 15.1 Å². The van der Waals surface area contributed by atoms with Gasteiger partial charge < -0.3 is 10.2 Å². The zero-order valence-corrected chi connectivity index (χ0v) is 11.2. The number of amides is 2. The lowest BCUT2D eigenvalue weighted by Crippen LogP contribution is -2.56. The summed E-state index contributed by atoms with van der Waals surface area (Å²) < 4.78 is 0. The molecule has 1 N–H and O–H groups in total. The third kappa shape index (κ3) is 4.00. The minimum atomic E-state index is -0.147. The summed E-state index contributed by atoms with van der Waals surface area (Å²) in [6, 6.07) is 0.642. The van der Waals surface area contributed by atoms with Crippen molar-refractivity contribution in [1.29, 1.82) is 0 Å². The van der Waals surface area contributed by atoms with E-state index in [0.29, 0.717) is 6.04 Å². The molecule has 0 spiro atoms. The van der Waals surface area contributed by atoms with Gasteiger partial charge in [0.25, 0.3) is 0 Å². The van der Waals surface area contributed by atoms with Crippen molar-refractivity contribution >= 4 is 6.03 Å². The zero-order chi connectivity index (χ0) is 12.3. The van der Waals surface area contributed by atoms with Crippen molar-refractivity contribution in [2.45, 2.75) is 46.2 Å². The van der Waals surface area contributed by atoms with E-state index in [9.17, 15) is 4.79 Å². The number of hydrogen-bond acceptors (Lipinski definition) is 2. The molecule has 1 aliphatic heterocycles. The van der Waals surface area contributed by atoms with Gasteiger partial charge in [-0.2, -0.15) is 0 Å². The molecule has 0 unspecified atom stereocenters. The Labute approximate surface area is 99.0 Å². The van der Waals surface area contributed by atoms with Gasteiger partial charge in [0.2, 0.25) is 0 Å². The number of carbonyl (C=O) groups is 1. The number of urea groups is 1. The molecule has 0 aromatic rings. The fourth-order valence-corrected chi connectivity index (χ4v) is 1.84. The molecule has 0 aromatic heterocycles. The molecule has 4 heteroatoms. The predicted octanol–water partition coefficient (Wildman–Crippen LogP) is 1.52. The molecule has 0 bridgehead atoms. The highest BCUT2D eigenvalue weighted by molar-refractivity contribution is 5.75. The molecule has 1 rings (SSSR count). The van der Waals surface area contributed by atoms with Gasteiger partial charge >= 0.3 is 6.03 Å². The largest absolute Gasteiger partial charge is 0.333 e. The normalized spacial score (nSPS) is 19.0. The lowest BCUT2D eigenvalue weighted by Gasteiger charge is -2.38. The molecule has 0 radical (unpaired) electrons. The van der Waals surface area contributed by atoms with Gasteiger partial charge in [0.15, 0.2) is 0 Å². The van der Waals surface area contributed by atoms with Crippen LogP contribution in [0.25, 0.3) is 0 Å². The van der Waals surface area contributed by atoms with Gasteiger partial charge in [-0.05, 0) is 34.6 Å². The van der Waals surface area contributed by atoms with Gasteiger partial charge in [-0.1, -0.05) is 0 Å². The molecule has 0 atom stereocenters. The van der Waals surface area contributed by atoms with Crippen LogP contribution in [-0.2, 0) is 0 Å². The van der Waals surface area contributed by atoms with E-state index in [-0.39, 0.29) is 11.6 Å². The summed E-state index contributed by atoms with van der Waals surface area (Å²) >= 11 is 0. The zero-order valence-electron chi connectivity index (χ0n) is 11.2. The number of carbonyl (C=O) groups excluding carboxylic acids is 1. The summed E-state index contributed by atoms with van der Waals surface area (Å²) in [5.74, 6) is 0. The Bertz CT molecular complexity index is 237. The van der Waals surface area contributed by atoms with E-state index in [2.05, 4.69) is 24.1 Å². The van der Waals surface area contributed by atoms with Gasteiger partial charge in [0.05, 0.1) is 0 Å². The van der Waals surface area contributed by atoms with Crippen LogP contribution < -0.4 is 5.32 Å². The Balaban J connectivity index is 2.39. The van der Waals surface area contributed by atoms with Crippen molar-refractivity contribution in [3.8, 4) is 0 Å². The number of nitrogens with zero attached hydrogens (tertiary/aromatic N) is 2. The van der Waals surface area contributed by atoms with Crippen LogP contribution in [0.4, 0.5) is 4.79 Å². The summed E-state index contributed by atoms with van der Waals surface area (Å²) in [7, 11) is 0. The average Bonchev–Trinajstić information content (AvgIpc) is 2.15. The first-order valence-electron chi connectivity index (χ1n) is 6.11.